The van der Waals surface area contributed by atoms with Gasteiger partial charge in [0.15, 0.2) is 0 Å². The zero-order chi connectivity index (χ0) is 27.7. The van der Waals surface area contributed by atoms with E-state index in [4.69, 9.17) is 20.2 Å². The number of hydrogen-bond acceptors (Lipinski definition) is 9. The Hall–Kier alpha value is -3.27. The largest absolute Gasteiger partial charge is 0.378 e. The molecule has 0 aliphatic heterocycles. The number of anilines is 3. The van der Waals surface area contributed by atoms with Crippen LogP contribution in [0.2, 0.25) is 0 Å². The Morgan fingerprint density at radius 1 is 0.675 bits per heavy atom. The number of nitrogens with one attached hydrogen (secondary N) is 3. The van der Waals surface area contributed by atoms with Crippen molar-refractivity contribution in [1.29, 1.82) is 0 Å². The van der Waals surface area contributed by atoms with E-state index >= 15 is 0 Å². The number of ether oxygens (including phenoxy) is 2. The monoisotopic (exact) mass is 547 g/mol. The average Bonchev–Trinajstić information content (AvgIpc) is 3.26. The molecule has 3 aromatic rings. The van der Waals surface area contributed by atoms with Crippen LogP contribution in [0.3, 0.4) is 0 Å². The van der Waals surface area contributed by atoms with E-state index in [1.807, 2.05) is 0 Å². The molecule has 0 bridgehead atoms. The van der Waals surface area contributed by atoms with Crippen molar-refractivity contribution in [1.82, 2.24) is 15.0 Å². The molecule has 0 amide bonds. The van der Waals surface area contributed by atoms with Gasteiger partial charge in [0, 0.05) is 31.6 Å². The van der Waals surface area contributed by atoms with E-state index in [-0.39, 0.29) is 5.92 Å². The molecule has 216 valence electrons. The summed E-state index contributed by atoms with van der Waals surface area (Å²) in [5.74, 6) is 2.01. The van der Waals surface area contributed by atoms with Gasteiger partial charge in [-0.3, -0.25) is 0 Å². The molecule has 2 aromatic carbocycles. The molecule has 0 atom stereocenters. The molecule has 1 fully saturated rings. The van der Waals surface area contributed by atoms with Crippen LogP contribution in [0.15, 0.2) is 60.7 Å². The second-order valence-electron chi connectivity index (χ2n) is 10.2. The third-order valence-electron chi connectivity index (χ3n) is 7.11. The Morgan fingerprint density at radius 2 is 1.23 bits per heavy atom. The molecule has 5 N–H and O–H groups in total. The van der Waals surface area contributed by atoms with Gasteiger partial charge in [-0.05, 0) is 30.4 Å². The highest BCUT2D eigenvalue weighted by Crippen LogP contribution is 2.28. The van der Waals surface area contributed by atoms with E-state index < -0.39 is 0 Å². The van der Waals surface area contributed by atoms with E-state index in [9.17, 15) is 0 Å². The fraction of sp³-hybridized carbons (Fsp3) is 0.516. The molecule has 4 rings (SSSR count). The molecule has 1 aliphatic rings. The first-order valence-electron chi connectivity index (χ1n) is 14.8. The molecule has 40 heavy (non-hydrogen) atoms. The predicted octanol–water partition coefficient (Wildman–Crippen LogP) is 5.04. The van der Waals surface area contributed by atoms with E-state index in [0.717, 1.165) is 25.8 Å². The maximum absolute atomic E-state index is 5.64. The van der Waals surface area contributed by atoms with Crippen molar-refractivity contribution in [2.24, 2.45) is 5.73 Å². The molecule has 1 saturated carbocycles. The van der Waals surface area contributed by atoms with E-state index in [0.29, 0.717) is 63.4 Å². The van der Waals surface area contributed by atoms with Gasteiger partial charge in [-0.15, -0.1) is 0 Å². The quantitative estimate of drug-likeness (QED) is 0.136. The van der Waals surface area contributed by atoms with Gasteiger partial charge in [-0.1, -0.05) is 86.3 Å². The van der Waals surface area contributed by atoms with Crippen molar-refractivity contribution in [3.63, 3.8) is 0 Å². The number of benzene rings is 2. The van der Waals surface area contributed by atoms with Crippen molar-refractivity contribution in [2.75, 3.05) is 62.0 Å². The zero-order valence-electron chi connectivity index (χ0n) is 23.6. The van der Waals surface area contributed by atoms with Crippen LogP contribution in [0, 0.1) is 0 Å². The Balaban J connectivity index is 1.38. The maximum atomic E-state index is 5.64. The van der Waals surface area contributed by atoms with Crippen LogP contribution >= 0.6 is 0 Å². The van der Waals surface area contributed by atoms with Crippen LogP contribution in [-0.2, 0) is 9.47 Å². The van der Waals surface area contributed by atoms with Gasteiger partial charge >= 0.3 is 0 Å². The molecule has 0 unspecified atom stereocenters. The van der Waals surface area contributed by atoms with Crippen LogP contribution < -0.4 is 21.7 Å². The maximum Gasteiger partial charge on any atom is 0.229 e. The van der Waals surface area contributed by atoms with Crippen LogP contribution in [0.1, 0.15) is 62.0 Å². The fourth-order valence-electron chi connectivity index (χ4n) is 5.07. The highest BCUT2D eigenvalue weighted by atomic mass is 16.5. The summed E-state index contributed by atoms with van der Waals surface area (Å²) in [6, 6.07) is 21.7. The summed E-state index contributed by atoms with van der Waals surface area (Å²) in [6.45, 7) is 4.00. The lowest BCUT2D eigenvalue weighted by Gasteiger charge is -2.19. The van der Waals surface area contributed by atoms with Gasteiger partial charge in [0.1, 0.15) is 0 Å². The minimum Gasteiger partial charge on any atom is -0.378 e. The van der Waals surface area contributed by atoms with E-state index in [1.165, 1.54) is 36.8 Å². The van der Waals surface area contributed by atoms with Crippen LogP contribution in [-0.4, -0.2) is 67.1 Å². The summed E-state index contributed by atoms with van der Waals surface area (Å²) in [7, 11) is 0. The molecular formula is C31H45N7O2. The van der Waals surface area contributed by atoms with E-state index in [1.54, 1.807) is 0 Å². The van der Waals surface area contributed by atoms with Gasteiger partial charge in [-0.2, -0.15) is 15.0 Å². The summed E-state index contributed by atoms with van der Waals surface area (Å²) in [5.41, 5.74) is 8.05. The summed E-state index contributed by atoms with van der Waals surface area (Å²) in [4.78, 5) is 14.1. The second kappa shape index (κ2) is 17.4. The first-order valence-corrected chi connectivity index (χ1v) is 14.8. The van der Waals surface area contributed by atoms with Gasteiger partial charge in [0.25, 0.3) is 0 Å². The highest BCUT2D eigenvalue weighted by Gasteiger charge is 2.16. The Bertz CT molecular complexity index is 1040. The van der Waals surface area contributed by atoms with E-state index in [2.05, 4.69) is 86.6 Å². The summed E-state index contributed by atoms with van der Waals surface area (Å²) >= 11 is 0. The predicted molar refractivity (Wildman–Crippen MR) is 162 cm³/mol. The first kappa shape index (κ1) is 29.7. The van der Waals surface area contributed by atoms with Crippen molar-refractivity contribution >= 4 is 17.8 Å². The lowest BCUT2D eigenvalue weighted by Crippen LogP contribution is -2.22. The van der Waals surface area contributed by atoms with Crippen molar-refractivity contribution in [3.05, 3.63) is 71.8 Å². The number of aromatic nitrogens is 3. The third kappa shape index (κ3) is 10.4. The fourth-order valence-corrected chi connectivity index (χ4v) is 5.07. The van der Waals surface area contributed by atoms with Crippen molar-refractivity contribution in [2.45, 2.75) is 56.9 Å². The summed E-state index contributed by atoms with van der Waals surface area (Å²) in [5, 5.41) is 10.4. The zero-order valence-corrected chi connectivity index (χ0v) is 23.6. The minimum atomic E-state index is 0.281. The third-order valence-corrected chi connectivity index (χ3v) is 7.11. The standard InChI is InChI=1S/C31H45N7O2/c32-18-21-39-23-24-40-22-20-34-30-36-29(37-31(38-30)35-27-15-9-1-2-10-16-27)33-19-17-28(25-11-5-3-6-12-25)26-13-7-4-8-14-26/h3-8,11-14,27-28H,1-2,9-10,15-24,32H2,(H3,33,34,35,36,37,38). The molecule has 1 heterocycles. The van der Waals surface area contributed by atoms with Gasteiger partial charge in [-0.25, -0.2) is 0 Å². The van der Waals surface area contributed by atoms with Crippen molar-refractivity contribution in [3.8, 4) is 0 Å². The highest BCUT2D eigenvalue weighted by molar-refractivity contribution is 5.43. The summed E-state index contributed by atoms with van der Waals surface area (Å²) < 4.78 is 11.0. The molecule has 1 aromatic heterocycles. The van der Waals surface area contributed by atoms with Gasteiger partial charge < -0.3 is 31.2 Å². The normalized spacial score (nSPS) is 14.2. The topological polar surface area (TPSA) is 119 Å². The average molecular weight is 548 g/mol. The molecule has 0 spiro atoms. The molecule has 1 aliphatic carbocycles. The molecule has 0 radical (unpaired) electrons. The Labute approximate surface area is 238 Å². The van der Waals surface area contributed by atoms with Crippen LogP contribution in [0.25, 0.3) is 0 Å². The molecule has 9 nitrogen and oxygen atoms in total. The smallest absolute Gasteiger partial charge is 0.229 e. The Kier molecular flexibility index (Phi) is 12.9. The molecular weight excluding hydrogens is 502 g/mol. The second-order valence-corrected chi connectivity index (χ2v) is 10.2. The van der Waals surface area contributed by atoms with Gasteiger partial charge in [0.05, 0.1) is 26.4 Å². The van der Waals surface area contributed by atoms with Crippen LogP contribution in [0.5, 0.6) is 0 Å². The number of rotatable bonds is 17. The number of nitrogens with zero attached hydrogens (tertiary/aromatic N) is 3. The van der Waals surface area contributed by atoms with Gasteiger partial charge in [0.2, 0.25) is 17.8 Å². The minimum absolute atomic E-state index is 0.281. The van der Waals surface area contributed by atoms with Crippen molar-refractivity contribution < 1.29 is 9.47 Å². The lowest BCUT2D eigenvalue weighted by atomic mass is 9.88. The van der Waals surface area contributed by atoms with Crippen LogP contribution in [0.4, 0.5) is 17.8 Å². The number of hydrogen-bond donors (Lipinski definition) is 4. The Morgan fingerprint density at radius 3 is 1.82 bits per heavy atom. The first-order chi connectivity index (χ1) is 19.8. The molecule has 0 saturated heterocycles. The molecule has 9 heteroatoms. The number of nitrogens with two attached hydrogens (primary N) is 1. The summed E-state index contributed by atoms with van der Waals surface area (Å²) in [6.07, 6.45) is 8.29. The lowest BCUT2D eigenvalue weighted by molar-refractivity contribution is 0.0547. The SMILES string of the molecule is NCCOCCOCCNc1nc(NCCC(c2ccccc2)c2ccccc2)nc(NC2CCCCCC2)n1.